The van der Waals surface area contributed by atoms with Crippen molar-refractivity contribution in [2.75, 3.05) is 0 Å². The summed E-state index contributed by atoms with van der Waals surface area (Å²) >= 11 is 8.10. The first-order chi connectivity index (χ1) is 10.2. The minimum Gasteiger partial charge on any atom is -0.295 e. The molecule has 104 valence electrons. The molecule has 0 spiro atoms. The fourth-order valence-electron chi connectivity index (χ4n) is 2.68. The Hall–Kier alpha value is -1.84. The maximum absolute atomic E-state index is 6.35. The fourth-order valence-corrected chi connectivity index (χ4v) is 3.59. The minimum atomic E-state index is -0.143. The molecule has 4 heteroatoms. The molecule has 0 fully saturated rings. The molecule has 0 aliphatic rings. The van der Waals surface area contributed by atoms with E-state index in [9.17, 15) is 0 Å². The van der Waals surface area contributed by atoms with Gasteiger partial charge in [0, 0.05) is 10.4 Å². The van der Waals surface area contributed by atoms with Gasteiger partial charge in [0.2, 0.25) is 0 Å². The predicted octanol–water partition coefficient (Wildman–Crippen LogP) is 5.54. The van der Waals surface area contributed by atoms with Crippen molar-refractivity contribution in [3.63, 3.8) is 0 Å². The van der Waals surface area contributed by atoms with Crippen LogP contribution >= 0.6 is 22.9 Å². The smallest absolute Gasteiger partial charge is 0.132 e. The summed E-state index contributed by atoms with van der Waals surface area (Å²) in [6.07, 6.45) is 0. The number of halogens is 1. The van der Waals surface area contributed by atoms with Crippen molar-refractivity contribution in [3.8, 4) is 5.69 Å². The summed E-state index contributed by atoms with van der Waals surface area (Å²) in [5.41, 5.74) is 3.18. The first-order valence-corrected chi connectivity index (χ1v) is 8.15. The third-order valence-corrected chi connectivity index (χ3v) is 4.73. The zero-order valence-electron chi connectivity index (χ0n) is 11.5. The number of alkyl halides is 1. The third kappa shape index (κ3) is 2.04. The third-order valence-electron chi connectivity index (χ3n) is 3.64. The first kappa shape index (κ1) is 12.9. The number of thiophene rings is 1. The van der Waals surface area contributed by atoms with Gasteiger partial charge in [0.25, 0.3) is 0 Å². The topological polar surface area (TPSA) is 17.8 Å². The zero-order chi connectivity index (χ0) is 14.4. The molecule has 2 aromatic carbocycles. The van der Waals surface area contributed by atoms with Crippen molar-refractivity contribution in [1.29, 1.82) is 0 Å². The number of aromatic nitrogens is 2. The summed E-state index contributed by atoms with van der Waals surface area (Å²) in [5.74, 6) is 0.882. The molecular formula is C17H13ClN2S. The monoisotopic (exact) mass is 312 g/mol. The van der Waals surface area contributed by atoms with Gasteiger partial charge in [-0.2, -0.15) is 0 Å². The molecule has 0 N–H and O–H groups in total. The molecule has 0 bridgehead atoms. The maximum Gasteiger partial charge on any atom is 0.132 e. The van der Waals surface area contributed by atoms with Crippen molar-refractivity contribution in [2.24, 2.45) is 0 Å². The molecule has 21 heavy (non-hydrogen) atoms. The lowest BCUT2D eigenvalue weighted by molar-refractivity contribution is 0.883. The van der Waals surface area contributed by atoms with E-state index < -0.39 is 0 Å². The van der Waals surface area contributed by atoms with Crippen LogP contribution in [0.5, 0.6) is 0 Å². The van der Waals surface area contributed by atoms with Gasteiger partial charge >= 0.3 is 0 Å². The summed E-state index contributed by atoms with van der Waals surface area (Å²) in [5, 5.41) is 3.23. The predicted molar refractivity (Wildman–Crippen MR) is 90.7 cm³/mol. The highest BCUT2D eigenvalue weighted by Gasteiger charge is 2.16. The molecule has 0 amide bonds. The van der Waals surface area contributed by atoms with Crippen LogP contribution in [0, 0.1) is 0 Å². The van der Waals surface area contributed by atoms with Gasteiger partial charge in [-0.05, 0) is 54.1 Å². The highest BCUT2D eigenvalue weighted by atomic mass is 35.5. The second-order valence-electron chi connectivity index (χ2n) is 5.05. The molecule has 1 unspecified atom stereocenters. The number of rotatable bonds is 2. The Kier molecular flexibility index (Phi) is 2.98. The summed E-state index contributed by atoms with van der Waals surface area (Å²) < 4.78 is 3.45. The summed E-state index contributed by atoms with van der Waals surface area (Å²) in [4.78, 5) is 4.69. The quantitative estimate of drug-likeness (QED) is 0.444. The average Bonchev–Trinajstić information content (AvgIpc) is 3.10. The van der Waals surface area contributed by atoms with Gasteiger partial charge < -0.3 is 0 Å². The number of para-hydroxylation sites is 2. The summed E-state index contributed by atoms with van der Waals surface area (Å²) in [6.45, 7) is 1.96. The molecule has 2 nitrogen and oxygen atoms in total. The van der Waals surface area contributed by atoms with E-state index in [-0.39, 0.29) is 5.38 Å². The lowest BCUT2D eigenvalue weighted by atomic mass is 10.2. The largest absolute Gasteiger partial charge is 0.295 e. The second kappa shape index (κ2) is 4.86. The van der Waals surface area contributed by atoms with Crippen LogP contribution in [0.15, 0.2) is 53.9 Å². The Morgan fingerprint density at radius 3 is 2.86 bits per heavy atom. The number of fused-ring (bicyclic) bond motifs is 2. The summed E-state index contributed by atoms with van der Waals surface area (Å²) in [6, 6.07) is 16.8. The van der Waals surface area contributed by atoms with E-state index in [2.05, 4.69) is 45.3 Å². The van der Waals surface area contributed by atoms with E-state index in [0.29, 0.717) is 0 Å². The van der Waals surface area contributed by atoms with Crippen LogP contribution in [0.4, 0.5) is 0 Å². The van der Waals surface area contributed by atoms with E-state index >= 15 is 0 Å². The van der Waals surface area contributed by atoms with Crippen molar-refractivity contribution in [3.05, 3.63) is 59.7 Å². The van der Waals surface area contributed by atoms with Crippen LogP contribution in [0.3, 0.4) is 0 Å². The molecule has 2 heterocycles. The Morgan fingerprint density at radius 2 is 2.00 bits per heavy atom. The highest BCUT2D eigenvalue weighted by Crippen LogP contribution is 2.30. The van der Waals surface area contributed by atoms with E-state index in [1.165, 1.54) is 10.1 Å². The molecular weight excluding hydrogens is 300 g/mol. The van der Waals surface area contributed by atoms with Gasteiger partial charge in [-0.3, -0.25) is 4.57 Å². The number of imidazole rings is 1. The average molecular weight is 313 g/mol. The van der Waals surface area contributed by atoms with E-state index in [1.54, 1.807) is 11.3 Å². The lowest BCUT2D eigenvalue weighted by Crippen LogP contribution is -2.01. The summed E-state index contributed by atoms with van der Waals surface area (Å²) in [7, 11) is 0. The van der Waals surface area contributed by atoms with Gasteiger partial charge in [0.15, 0.2) is 0 Å². The molecule has 0 aliphatic carbocycles. The zero-order valence-corrected chi connectivity index (χ0v) is 13.0. The number of nitrogens with zero attached hydrogens (tertiary/aromatic N) is 2. The van der Waals surface area contributed by atoms with Crippen LogP contribution in [0.1, 0.15) is 18.1 Å². The molecule has 0 saturated heterocycles. The van der Waals surface area contributed by atoms with Crippen LogP contribution < -0.4 is 0 Å². The van der Waals surface area contributed by atoms with Gasteiger partial charge in [-0.25, -0.2) is 4.98 Å². The van der Waals surface area contributed by atoms with Crippen molar-refractivity contribution >= 4 is 44.1 Å². The Morgan fingerprint density at radius 1 is 1.14 bits per heavy atom. The Labute approximate surface area is 131 Å². The minimum absolute atomic E-state index is 0.143. The molecule has 0 aliphatic heterocycles. The SMILES string of the molecule is CC(Cl)c1nc2ccccc2n1-c1ccc2sccc2c1. The fraction of sp³-hybridized carbons (Fsp3) is 0.118. The molecule has 4 aromatic rings. The van der Waals surface area contributed by atoms with E-state index in [1.807, 2.05) is 25.1 Å². The van der Waals surface area contributed by atoms with Crippen molar-refractivity contribution < 1.29 is 0 Å². The molecule has 0 radical (unpaired) electrons. The van der Waals surface area contributed by atoms with Gasteiger partial charge in [0.05, 0.1) is 16.4 Å². The second-order valence-corrected chi connectivity index (χ2v) is 6.66. The van der Waals surface area contributed by atoms with E-state index in [0.717, 1.165) is 22.5 Å². The van der Waals surface area contributed by atoms with Crippen LogP contribution in [0.25, 0.3) is 26.8 Å². The molecule has 0 saturated carbocycles. The molecule has 4 rings (SSSR count). The number of benzene rings is 2. The number of hydrogen-bond acceptors (Lipinski definition) is 2. The number of hydrogen-bond donors (Lipinski definition) is 0. The molecule has 1 atom stereocenters. The van der Waals surface area contributed by atoms with Gasteiger partial charge in [0.1, 0.15) is 5.82 Å². The Balaban J connectivity index is 2.05. The standard InChI is InChI=1S/C17H13ClN2S/c1-11(18)17-19-14-4-2-3-5-15(14)20(17)13-6-7-16-12(10-13)8-9-21-16/h2-11H,1H3. The maximum atomic E-state index is 6.35. The highest BCUT2D eigenvalue weighted by molar-refractivity contribution is 7.17. The lowest BCUT2D eigenvalue weighted by Gasteiger charge is -2.10. The van der Waals surface area contributed by atoms with Crippen LogP contribution in [0.2, 0.25) is 0 Å². The van der Waals surface area contributed by atoms with Gasteiger partial charge in [-0.15, -0.1) is 22.9 Å². The molecule has 2 aromatic heterocycles. The first-order valence-electron chi connectivity index (χ1n) is 6.83. The van der Waals surface area contributed by atoms with Crippen LogP contribution in [-0.4, -0.2) is 9.55 Å². The van der Waals surface area contributed by atoms with E-state index in [4.69, 9.17) is 11.6 Å². The van der Waals surface area contributed by atoms with Gasteiger partial charge in [-0.1, -0.05) is 12.1 Å². The van der Waals surface area contributed by atoms with Crippen LogP contribution in [-0.2, 0) is 0 Å². The van der Waals surface area contributed by atoms with Crippen molar-refractivity contribution in [2.45, 2.75) is 12.3 Å². The normalized spacial score (nSPS) is 13.0. The Bertz CT molecular complexity index is 936. The van der Waals surface area contributed by atoms with Crippen molar-refractivity contribution in [1.82, 2.24) is 9.55 Å².